The van der Waals surface area contributed by atoms with E-state index in [0.717, 1.165) is 28.9 Å². The molecule has 9 heteroatoms. The normalized spacial score (nSPS) is 14.7. The van der Waals surface area contributed by atoms with E-state index in [1.165, 1.54) is 6.07 Å². The summed E-state index contributed by atoms with van der Waals surface area (Å²) in [5, 5.41) is 9.45. The number of ether oxygens (including phenoxy) is 2. The largest absolute Gasteiger partial charge is 0.478 e. The van der Waals surface area contributed by atoms with Crippen LogP contribution in [0.15, 0.2) is 79.1 Å². The van der Waals surface area contributed by atoms with E-state index in [1.54, 1.807) is 54.9 Å². The molecule has 8 nitrogen and oxygen atoms in total. The highest BCUT2D eigenvalue weighted by molar-refractivity contribution is 5.92. The summed E-state index contributed by atoms with van der Waals surface area (Å²) in [6.45, 7) is 1.61. The van der Waals surface area contributed by atoms with Crippen molar-refractivity contribution in [1.82, 2.24) is 19.5 Å². The number of aromatic nitrogens is 4. The number of aromatic carboxylic acids is 1. The smallest absolute Gasteiger partial charge is 0.335 e. The number of halogens is 1. The lowest BCUT2D eigenvalue weighted by Crippen LogP contribution is -2.31. The molecule has 0 radical (unpaired) electrons. The average Bonchev–Trinajstić information content (AvgIpc) is 3.26. The van der Waals surface area contributed by atoms with Crippen molar-refractivity contribution in [2.24, 2.45) is 0 Å². The molecule has 1 aliphatic rings. The first kappa shape index (κ1) is 24.7. The molecule has 0 amide bonds. The number of benzene rings is 2. The lowest BCUT2D eigenvalue weighted by Gasteiger charge is -2.27. The molecule has 1 fully saturated rings. The monoisotopic (exact) mass is 524 g/mol. The molecule has 1 N–H and O–H groups in total. The second-order valence-electron chi connectivity index (χ2n) is 9.42. The van der Waals surface area contributed by atoms with E-state index in [9.17, 15) is 9.90 Å². The van der Waals surface area contributed by atoms with Crippen molar-refractivity contribution in [3.63, 3.8) is 0 Å². The number of rotatable bonds is 9. The Hall–Kier alpha value is -4.63. The van der Waals surface area contributed by atoms with Crippen LogP contribution >= 0.6 is 0 Å². The Morgan fingerprint density at radius 2 is 1.90 bits per heavy atom. The summed E-state index contributed by atoms with van der Waals surface area (Å²) in [6.07, 6.45) is 4.75. The molecule has 1 atom stereocenters. The van der Waals surface area contributed by atoms with Crippen LogP contribution < -0.4 is 4.74 Å². The zero-order valence-corrected chi connectivity index (χ0v) is 21.0. The first-order valence-electron chi connectivity index (χ1n) is 12.6. The quantitative estimate of drug-likeness (QED) is 0.280. The van der Waals surface area contributed by atoms with Crippen LogP contribution in [0.3, 0.4) is 0 Å². The van der Waals surface area contributed by atoms with E-state index >= 15 is 4.39 Å². The fraction of sp³-hybridized carbons (Fsp3) is 0.200. The Bertz CT molecular complexity index is 1650. The third-order valence-corrected chi connectivity index (χ3v) is 6.79. The topological polar surface area (TPSA) is 99.4 Å². The highest BCUT2D eigenvalue weighted by Crippen LogP contribution is 2.27. The molecule has 39 heavy (non-hydrogen) atoms. The molecule has 0 bridgehead atoms. The van der Waals surface area contributed by atoms with E-state index < -0.39 is 11.8 Å². The molecule has 2 aromatic carbocycles. The van der Waals surface area contributed by atoms with Crippen molar-refractivity contribution in [2.45, 2.75) is 32.1 Å². The van der Waals surface area contributed by atoms with Gasteiger partial charge in [-0.2, -0.15) is 0 Å². The van der Waals surface area contributed by atoms with Crippen LogP contribution in [0.1, 0.15) is 33.7 Å². The second kappa shape index (κ2) is 10.6. The van der Waals surface area contributed by atoms with E-state index in [4.69, 9.17) is 14.5 Å². The van der Waals surface area contributed by atoms with Crippen LogP contribution in [0.25, 0.3) is 22.3 Å². The summed E-state index contributed by atoms with van der Waals surface area (Å²) < 4.78 is 28.7. The molecule has 1 unspecified atom stereocenters. The van der Waals surface area contributed by atoms with Crippen molar-refractivity contribution < 1.29 is 23.8 Å². The van der Waals surface area contributed by atoms with Gasteiger partial charge < -0.3 is 19.1 Å². The number of carboxylic acid groups (broad SMARTS) is 1. The minimum Gasteiger partial charge on any atom is -0.478 e. The number of pyridine rings is 2. The van der Waals surface area contributed by atoms with Crippen molar-refractivity contribution in [3.8, 4) is 17.1 Å². The maximum absolute atomic E-state index is 15.3. The fourth-order valence-corrected chi connectivity index (χ4v) is 4.62. The molecule has 0 aliphatic carbocycles. The van der Waals surface area contributed by atoms with Gasteiger partial charge in [0, 0.05) is 37.1 Å². The van der Waals surface area contributed by atoms with Gasteiger partial charge in [-0.25, -0.2) is 19.2 Å². The van der Waals surface area contributed by atoms with Crippen molar-refractivity contribution in [3.05, 3.63) is 107 Å². The van der Waals surface area contributed by atoms with Crippen LogP contribution in [0.2, 0.25) is 0 Å². The van der Waals surface area contributed by atoms with Crippen LogP contribution in [0, 0.1) is 5.82 Å². The highest BCUT2D eigenvalue weighted by atomic mass is 19.1. The second-order valence-corrected chi connectivity index (χ2v) is 9.42. The molecule has 4 heterocycles. The molecule has 5 aromatic rings. The Morgan fingerprint density at radius 3 is 2.64 bits per heavy atom. The van der Waals surface area contributed by atoms with Gasteiger partial charge in [0.05, 0.1) is 34.9 Å². The molecular formula is C30H25FN4O4. The zero-order valence-electron chi connectivity index (χ0n) is 21.0. The highest BCUT2D eigenvalue weighted by Gasteiger charge is 2.23. The van der Waals surface area contributed by atoms with Crippen molar-refractivity contribution in [2.75, 3.05) is 6.61 Å². The lowest BCUT2D eigenvalue weighted by atomic mass is 10.1. The molecule has 1 aliphatic heterocycles. The van der Waals surface area contributed by atoms with Crippen LogP contribution in [0.4, 0.5) is 4.39 Å². The summed E-state index contributed by atoms with van der Waals surface area (Å²) in [6, 6.07) is 18.9. The number of hydrogen-bond donors (Lipinski definition) is 1. The first-order chi connectivity index (χ1) is 19.0. The predicted octanol–water partition coefficient (Wildman–Crippen LogP) is 5.29. The maximum atomic E-state index is 15.3. The van der Waals surface area contributed by atoms with Gasteiger partial charge in [-0.15, -0.1) is 0 Å². The average molecular weight is 525 g/mol. The number of hydrogen-bond acceptors (Lipinski definition) is 6. The van der Waals surface area contributed by atoms with Crippen molar-refractivity contribution >= 4 is 17.0 Å². The molecule has 196 valence electrons. The van der Waals surface area contributed by atoms with Gasteiger partial charge >= 0.3 is 5.97 Å². The van der Waals surface area contributed by atoms with Gasteiger partial charge in [-0.1, -0.05) is 12.1 Å². The van der Waals surface area contributed by atoms with Gasteiger partial charge in [-0.05, 0) is 66.1 Å². The van der Waals surface area contributed by atoms with E-state index in [2.05, 4.69) is 9.97 Å². The summed E-state index contributed by atoms with van der Waals surface area (Å²) >= 11 is 0. The van der Waals surface area contributed by atoms with Crippen molar-refractivity contribution in [1.29, 1.82) is 0 Å². The van der Waals surface area contributed by atoms with Gasteiger partial charge in [0.1, 0.15) is 18.2 Å². The van der Waals surface area contributed by atoms with E-state index in [-0.39, 0.29) is 11.7 Å². The summed E-state index contributed by atoms with van der Waals surface area (Å²) in [7, 11) is 0. The number of fused-ring (bicyclic) bond motifs is 1. The predicted molar refractivity (Wildman–Crippen MR) is 142 cm³/mol. The Balaban J connectivity index is 1.25. The van der Waals surface area contributed by atoms with Gasteiger partial charge in [0.2, 0.25) is 5.88 Å². The number of imidazole rings is 1. The van der Waals surface area contributed by atoms with E-state index in [1.807, 2.05) is 22.8 Å². The van der Waals surface area contributed by atoms with Crippen LogP contribution in [-0.4, -0.2) is 43.3 Å². The Morgan fingerprint density at radius 1 is 1.05 bits per heavy atom. The third-order valence-electron chi connectivity index (χ3n) is 6.79. The molecule has 0 spiro atoms. The summed E-state index contributed by atoms with van der Waals surface area (Å²) in [5.74, 6) is -0.270. The third kappa shape index (κ3) is 5.35. The Kier molecular flexibility index (Phi) is 6.73. The summed E-state index contributed by atoms with van der Waals surface area (Å²) in [5.41, 5.74) is 4.16. The van der Waals surface area contributed by atoms with Crippen LogP contribution in [0.5, 0.6) is 5.88 Å². The summed E-state index contributed by atoms with van der Waals surface area (Å²) in [4.78, 5) is 24.8. The molecule has 6 rings (SSSR count). The molecule has 1 saturated heterocycles. The Labute approximate surface area is 223 Å². The fourth-order valence-electron chi connectivity index (χ4n) is 4.62. The number of carboxylic acids is 1. The first-order valence-corrected chi connectivity index (χ1v) is 12.6. The number of carbonyl (C=O) groups is 1. The zero-order chi connectivity index (χ0) is 26.8. The SMILES string of the molecule is O=C(O)c1ccc2nc(Cc3ccc(-c4cccc(OCc5ccncc5)n4)c(F)c3)n(CC3CCO3)c2c1. The van der Waals surface area contributed by atoms with Crippen LogP contribution in [-0.2, 0) is 24.3 Å². The molecule has 0 saturated carbocycles. The minimum atomic E-state index is -0.996. The molecular weight excluding hydrogens is 499 g/mol. The maximum Gasteiger partial charge on any atom is 0.335 e. The number of nitrogens with zero attached hydrogens (tertiary/aromatic N) is 4. The minimum absolute atomic E-state index is 0.0490. The van der Waals surface area contributed by atoms with Gasteiger partial charge in [0.25, 0.3) is 0 Å². The standard InChI is InChI=1S/C30H25FN4O4/c31-24-14-20(4-6-23(24)25-2-1-3-29(34-25)39-18-19-8-11-32-12-9-19)15-28-33-26-7-5-21(30(36)37)16-27(26)35(28)17-22-10-13-38-22/h1-9,11-12,14,16,22H,10,13,15,17-18H2,(H,36,37). The van der Waals surface area contributed by atoms with Gasteiger partial charge in [-0.3, -0.25) is 4.98 Å². The lowest BCUT2D eigenvalue weighted by molar-refractivity contribution is -0.0589. The van der Waals surface area contributed by atoms with Gasteiger partial charge in [0.15, 0.2) is 0 Å². The molecule has 3 aromatic heterocycles. The van der Waals surface area contributed by atoms with E-state index in [0.29, 0.717) is 48.8 Å².